The van der Waals surface area contributed by atoms with Gasteiger partial charge in [0.2, 0.25) is 22.9 Å². The normalized spacial score (nSPS) is 19.1. The van der Waals surface area contributed by atoms with Gasteiger partial charge in [-0.1, -0.05) is 42.2 Å². The van der Waals surface area contributed by atoms with Crippen LogP contribution in [-0.2, 0) is 14.4 Å². The fourth-order valence-electron chi connectivity index (χ4n) is 3.97. The second-order valence-corrected chi connectivity index (χ2v) is 10.5. The summed E-state index contributed by atoms with van der Waals surface area (Å²) in [4.78, 5) is 41.2. The molecule has 3 heterocycles. The summed E-state index contributed by atoms with van der Waals surface area (Å²) in [5, 5.41) is 11.2. The maximum atomic E-state index is 12.8. The Morgan fingerprint density at radius 2 is 2.00 bits per heavy atom. The smallest absolute Gasteiger partial charge is 0.233 e. The predicted molar refractivity (Wildman–Crippen MR) is 128 cm³/mol. The topological polar surface area (TPSA) is 105 Å². The number of ether oxygens (including phenoxy) is 1. The van der Waals surface area contributed by atoms with Crippen molar-refractivity contribution in [1.82, 2.24) is 15.1 Å². The van der Waals surface area contributed by atoms with Crippen LogP contribution in [0.4, 0.5) is 10.8 Å². The van der Waals surface area contributed by atoms with Gasteiger partial charge in [-0.15, -0.1) is 10.2 Å². The van der Waals surface area contributed by atoms with Crippen molar-refractivity contribution in [2.45, 2.75) is 30.5 Å². The fourth-order valence-corrected chi connectivity index (χ4v) is 5.63. The first-order valence-corrected chi connectivity index (χ1v) is 12.7. The van der Waals surface area contributed by atoms with E-state index in [9.17, 15) is 14.4 Å². The zero-order chi connectivity index (χ0) is 23.4. The summed E-state index contributed by atoms with van der Waals surface area (Å²) in [6.45, 7) is 4.10. The molecule has 0 unspecified atom stereocenters. The van der Waals surface area contributed by atoms with E-state index in [-0.39, 0.29) is 30.7 Å². The Labute approximate surface area is 200 Å². The lowest BCUT2D eigenvalue weighted by molar-refractivity contribution is -0.129. The number of thioether (sulfide) groups is 1. The van der Waals surface area contributed by atoms with Gasteiger partial charge in [0.25, 0.3) is 0 Å². The van der Waals surface area contributed by atoms with Gasteiger partial charge in [0.05, 0.1) is 24.5 Å². The molecule has 1 aromatic heterocycles. The molecule has 2 aliphatic rings. The van der Waals surface area contributed by atoms with Gasteiger partial charge in [-0.25, -0.2) is 0 Å². The average molecular weight is 490 g/mol. The molecule has 9 nitrogen and oxygen atoms in total. The summed E-state index contributed by atoms with van der Waals surface area (Å²) in [6, 6.07) is 7.25. The van der Waals surface area contributed by atoms with Gasteiger partial charge >= 0.3 is 0 Å². The third-order valence-corrected chi connectivity index (χ3v) is 7.92. The number of benzene rings is 1. The van der Waals surface area contributed by atoms with Crippen LogP contribution >= 0.6 is 23.1 Å². The molecule has 1 N–H and O–H groups in total. The Kier molecular flexibility index (Phi) is 7.49. The molecule has 2 aliphatic heterocycles. The first kappa shape index (κ1) is 23.5. The van der Waals surface area contributed by atoms with E-state index in [2.05, 4.69) is 22.4 Å². The van der Waals surface area contributed by atoms with Crippen LogP contribution in [0.15, 0.2) is 28.6 Å². The van der Waals surface area contributed by atoms with E-state index >= 15 is 0 Å². The molecule has 2 fully saturated rings. The Bertz CT molecular complexity index is 1020. The number of hydrogen-bond donors (Lipinski definition) is 1. The predicted octanol–water partition coefficient (Wildman–Crippen LogP) is 2.89. The van der Waals surface area contributed by atoms with Crippen molar-refractivity contribution in [3.8, 4) is 5.75 Å². The highest BCUT2D eigenvalue weighted by molar-refractivity contribution is 8.01. The molecular weight excluding hydrogens is 462 g/mol. The zero-order valence-corrected chi connectivity index (χ0v) is 20.3. The first-order valence-electron chi connectivity index (χ1n) is 10.9. The molecule has 33 heavy (non-hydrogen) atoms. The number of anilines is 2. The summed E-state index contributed by atoms with van der Waals surface area (Å²) in [5.41, 5.74) is 0.655. The van der Waals surface area contributed by atoms with Crippen LogP contribution in [0, 0.1) is 11.8 Å². The molecule has 0 saturated carbocycles. The molecular formula is C22H27N5O4S2. The highest BCUT2D eigenvalue weighted by Gasteiger charge is 2.36. The van der Waals surface area contributed by atoms with Crippen LogP contribution in [0.5, 0.6) is 5.75 Å². The van der Waals surface area contributed by atoms with Gasteiger partial charge in [0, 0.05) is 26.1 Å². The van der Waals surface area contributed by atoms with Crippen molar-refractivity contribution in [3.05, 3.63) is 24.3 Å². The van der Waals surface area contributed by atoms with Crippen LogP contribution in [0.2, 0.25) is 0 Å². The monoisotopic (exact) mass is 489 g/mol. The molecule has 3 amide bonds. The number of carbonyl (C=O) groups excluding carboxylic acids is 3. The largest absolute Gasteiger partial charge is 0.495 e. The first-order chi connectivity index (χ1) is 15.9. The van der Waals surface area contributed by atoms with Crippen molar-refractivity contribution < 1.29 is 19.1 Å². The number of rotatable bonds is 7. The Morgan fingerprint density at radius 1 is 1.24 bits per heavy atom. The van der Waals surface area contributed by atoms with Crippen molar-refractivity contribution >= 4 is 51.6 Å². The number of nitrogens with zero attached hydrogens (tertiary/aromatic N) is 4. The molecule has 1 aromatic carbocycles. The molecule has 176 valence electrons. The van der Waals surface area contributed by atoms with E-state index in [1.165, 1.54) is 23.1 Å². The minimum absolute atomic E-state index is 0.105. The number of hydrogen-bond acceptors (Lipinski definition) is 8. The van der Waals surface area contributed by atoms with E-state index < -0.39 is 5.92 Å². The van der Waals surface area contributed by atoms with E-state index in [4.69, 9.17) is 4.74 Å². The van der Waals surface area contributed by atoms with Crippen molar-refractivity contribution in [3.63, 3.8) is 0 Å². The highest BCUT2D eigenvalue weighted by atomic mass is 32.2. The zero-order valence-electron chi connectivity index (χ0n) is 18.7. The van der Waals surface area contributed by atoms with Crippen molar-refractivity contribution in [2.24, 2.45) is 11.8 Å². The van der Waals surface area contributed by atoms with Crippen LogP contribution < -0.4 is 15.0 Å². The van der Waals surface area contributed by atoms with E-state index in [1.807, 2.05) is 17.0 Å². The third-order valence-electron chi connectivity index (χ3n) is 5.96. The minimum Gasteiger partial charge on any atom is -0.495 e. The van der Waals surface area contributed by atoms with Gasteiger partial charge < -0.3 is 19.9 Å². The number of para-hydroxylation sites is 2. The van der Waals surface area contributed by atoms with E-state index in [0.29, 0.717) is 32.6 Å². The number of methoxy groups -OCH3 is 1. The molecule has 2 aromatic rings. The Morgan fingerprint density at radius 3 is 2.76 bits per heavy atom. The van der Waals surface area contributed by atoms with E-state index in [0.717, 1.165) is 25.9 Å². The Hall–Kier alpha value is -2.66. The lowest BCUT2D eigenvalue weighted by Gasteiger charge is -2.30. The molecule has 2 saturated heterocycles. The molecule has 1 atom stereocenters. The molecule has 11 heteroatoms. The number of amides is 3. The van der Waals surface area contributed by atoms with E-state index in [1.54, 1.807) is 24.1 Å². The number of nitrogens with one attached hydrogen (secondary N) is 1. The number of likely N-dealkylation sites (tertiary alicyclic amines) is 1. The summed E-state index contributed by atoms with van der Waals surface area (Å²) >= 11 is 2.56. The summed E-state index contributed by atoms with van der Waals surface area (Å²) in [5.74, 6) is 0.784. The van der Waals surface area contributed by atoms with Crippen LogP contribution in [0.3, 0.4) is 0 Å². The van der Waals surface area contributed by atoms with Crippen LogP contribution in [0.1, 0.15) is 26.2 Å². The maximum absolute atomic E-state index is 12.8. The van der Waals surface area contributed by atoms with Crippen molar-refractivity contribution in [1.29, 1.82) is 0 Å². The minimum atomic E-state index is -0.495. The van der Waals surface area contributed by atoms with Gasteiger partial charge in [0.15, 0.2) is 4.34 Å². The fraction of sp³-hybridized carbons (Fsp3) is 0.500. The standard InChI is InChI=1S/C22H27N5O4S2/c1-14-7-9-26(10-8-14)19(29)13-32-22-25-24-21(33-22)23-20(30)15-11-18(28)27(12-15)16-5-3-4-6-17(16)31-2/h3-6,14-15H,7-13H2,1-2H3,(H,23,24,30)/t15-/m1/s1. The second-order valence-electron chi connectivity index (χ2n) is 8.29. The SMILES string of the molecule is COc1ccccc1N1C[C@H](C(=O)Nc2nnc(SCC(=O)N3CCC(C)CC3)s2)CC1=O. The molecule has 0 bridgehead atoms. The molecule has 0 spiro atoms. The lowest BCUT2D eigenvalue weighted by atomic mass is 9.99. The number of piperidine rings is 1. The highest BCUT2D eigenvalue weighted by Crippen LogP contribution is 2.33. The van der Waals surface area contributed by atoms with Crippen molar-refractivity contribution in [2.75, 3.05) is 42.7 Å². The molecule has 0 aliphatic carbocycles. The third kappa shape index (κ3) is 5.64. The quantitative estimate of drug-likeness (QED) is 0.471. The summed E-state index contributed by atoms with van der Waals surface area (Å²) in [7, 11) is 1.55. The molecule has 4 rings (SSSR count). The lowest BCUT2D eigenvalue weighted by Crippen LogP contribution is -2.38. The van der Waals surface area contributed by atoms with Gasteiger partial charge in [-0.3, -0.25) is 14.4 Å². The van der Waals surface area contributed by atoms with Gasteiger partial charge in [-0.2, -0.15) is 0 Å². The van der Waals surface area contributed by atoms with Gasteiger partial charge in [0.1, 0.15) is 5.75 Å². The summed E-state index contributed by atoms with van der Waals surface area (Å²) < 4.78 is 5.97. The van der Waals surface area contributed by atoms with Crippen LogP contribution in [0.25, 0.3) is 0 Å². The molecule has 0 radical (unpaired) electrons. The number of aromatic nitrogens is 2. The van der Waals surface area contributed by atoms with Crippen LogP contribution in [-0.4, -0.2) is 65.3 Å². The maximum Gasteiger partial charge on any atom is 0.233 e. The second kappa shape index (κ2) is 10.5. The average Bonchev–Trinajstić information content (AvgIpc) is 3.44. The number of carbonyl (C=O) groups is 3. The summed E-state index contributed by atoms with van der Waals surface area (Å²) in [6.07, 6.45) is 2.21. The Balaban J connectivity index is 1.29. The van der Waals surface area contributed by atoms with Gasteiger partial charge in [-0.05, 0) is 30.9 Å².